The highest BCUT2D eigenvalue weighted by molar-refractivity contribution is 7.98. The first-order valence-corrected chi connectivity index (χ1v) is 7.87. The molecule has 1 heterocycles. The van der Waals surface area contributed by atoms with Crippen molar-refractivity contribution in [2.24, 2.45) is 0 Å². The number of nitrogens with two attached hydrogens (primary N) is 1. The maximum atomic E-state index is 9.06. The lowest BCUT2D eigenvalue weighted by Crippen LogP contribution is -2.05. The molecule has 2 N–H and O–H groups in total. The number of nitrogen functional groups attached to an aromatic ring is 1. The molecule has 0 saturated carbocycles. The van der Waals surface area contributed by atoms with Crippen molar-refractivity contribution >= 4 is 17.6 Å². The van der Waals surface area contributed by atoms with Crippen molar-refractivity contribution in [1.82, 2.24) is 4.57 Å². The zero-order valence-corrected chi connectivity index (χ0v) is 12.4. The van der Waals surface area contributed by atoms with Crippen LogP contribution in [0.25, 0.3) is 0 Å². The number of hydrogen-bond acceptors (Lipinski definition) is 3. The molecule has 0 spiro atoms. The van der Waals surface area contributed by atoms with Crippen LogP contribution in [-0.2, 0) is 6.54 Å². The van der Waals surface area contributed by atoms with E-state index >= 15 is 0 Å². The van der Waals surface area contributed by atoms with Gasteiger partial charge in [0, 0.05) is 12.2 Å². The molecule has 18 heavy (non-hydrogen) atoms. The molecule has 0 bridgehead atoms. The van der Waals surface area contributed by atoms with Crippen molar-refractivity contribution in [3.05, 3.63) is 16.8 Å². The number of unbranched alkanes of at least 4 members (excludes halogenated alkanes) is 3. The molecule has 0 unspecified atom stereocenters. The largest absolute Gasteiger partial charge is 0.384 e. The van der Waals surface area contributed by atoms with Crippen molar-refractivity contribution in [2.45, 2.75) is 46.1 Å². The predicted octanol–water partition coefficient (Wildman–Crippen LogP) is 3.48. The van der Waals surface area contributed by atoms with E-state index in [1.807, 2.05) is 25.6 Å². The van der Waals surface area contributed by atoms with Gasteiger partial charge in [0.1, 0.15) is 11.9 Å². The second-order valence-electron chi connectivity index (χ2n) is 4.64. The molecule has 3 nitrogen and oxygen atoms in total. The van der Waals surface area contributed by atoms with Crippen LogP contribution in [0.2, 0.25) is 0 Å². The van der Waals surface area contributed by atoms with E-state index in [-0.39, 0.29) is 0 Å². The zero-order valence-electron chi connectivity index (χ0n) is 11.6. The lowest BCUT2D eigenvalue weighted by Gasteiger charge is -2.08. The van der Waals surface area contributed by atoms with Crippen LogP contribution in [0.4, 0.5) is 5.82 Å². The van der Waals surface area contributed by atoms with E-state index in [2.05, 4.69) is 16.9 Å². The Kier molecular flexibility index (Phi) is 6.14. The summed E-state index contributed by atoms with van der Waals surface area (Å²) in [5, 5.41) is 9.06. The average molecular weight is 265 g/mol. The normalized spacial score (nSPS) is 10.6. The SMILES string of the molecule is CSCCCCCCn1c(C)c(C)c(C#N)c1N. The fraction of sp³-hybridized carbons (Fsp3) is 0.643. The summed E-state index contributed by atoms with van der Waals surface area (Å²) in [4.78, 5) is 0. The van der Waals surface area contributed by atoms with Crippen molar-refractivity contribution in [1.29, 1.82) is 5.26 Å². The number of rotatable bonds is 7. The molecule has 100 valence electrons. The van der Waals surface area contributed by atoms with E-state index in [9.17, 15) is 0 Å². The first-order valence-electron chi connectivity index (χ1n) is 6.47. The lowest BCUT2D eigenvalue weighted by molar-refractivity contribution is 0.581. The maximum absolute atomic E-state index is 9.06. The third-order valence-corrected chi connectivity index (χ3v) is 4.16. The number of thioether (sulfide) groups is 1. The van der Waals surface area contributed by atoms with E-state index in [1.54, 1.807) is 0 Å². The summed E-state index contributed by atoms with van der Waals surface area (Å²) in [6.45, 7) is 4.94. The number of hydrogen-bond donors (Lipinski definition) is 1. The predicted molar refractivity (Wildman–Crippen MR) is 79.9 cm³/mol. The van der Waals surface area contributed by atoms with Crippen molar-refractivity contribution in [2.75, 3.05) is 17.7 Å². The van der Waals surface area contributed by atoms with E-state index < -0.39 is 0 Å². The molecular weight excluding hydrogens is 242 g/mol. The third kappa shape index (κ3) is 3.46. The molecule has 1 aromatic heterocycles. The number of nitrogens with zero attached hydrogens (tertiary/aromatic N) is 2. The van der Waals surface area contributed by atoms with Gasteiger partial charge in [-0.2, -0.15) is 17.0 Å². The van der Waals surface area contributed by atoms with Crippen molar-refractivity contribution in [3.63, 3.8) is 0 Å². The topological polar surface area (TPSA) is 54.7 Å². The van der Waals surface area contributed by atoms with Gasteiger partial charge in [0.15, 0.2) is 0 Å². The Hall–Kier alpha value is -1.08. The van der Waals surface area contributed by atoms with E-state index in [0.717, 1.165) is 24.2 Å². The molecule has 0 aliphatic rings. The summed E-state index contributed by atoms with van der Waals surface area (Å²) in [5.74, 6) is 1.89. The molecule has 4 heteroatoms. The van der Waals surface area contributed by atoms with Gasteiger partial charge in [0.25, 0.3) is 0 Å². The van der Waals surface area contributed by atoms with Gasteiger partial charge >= 0.3 is 0 Å². The van der Waals surface area contributed by atoms with Crippen LogP contribution in [0.5, 0.6) is 0 Å². The fourth-order valence-electron chi connectivity index (χ4n) is 2.19. The third-order valence-electron chi connectivity index (χ3n) is 3.46. The number of nitriles is 1. The minimum absolute atomic E-state index is 0.636. The minimum atomic E-state index is 0.636. The lowest BCUT2D eigenvalue weighted by atomic mass is 10.2. The fourth-order valence-corrected chi connectivity index (χ4v) is 2.68. The van der Waals surface area contributed by atoms with E-state index in [0.29, 0.717) is 11.4 Å². The minimum Gasteiger partial charge on any atom is -0.384 e. The summed E-state index contributed by atoms with van der Waals surface area (Å²) in [6.07, 6.45) is 7.10. The van der Waals surface area contributed by atoms with Crippen LogP contribution in [0.3, 0.4) is 0 Å². The van der Waals surface area contributed by atoms with E-state index in [4.69, 9.17) is 11.0 Å². The highest BCUT2D eigenvalue weighted by Gasteiger charge is 2.14. The van der Waals surface area contributed by atoms with Gasteiger partial charge in [-0.1, -0.05) is 12.8 Å². The van der Waals surface area contributed by atoms with Gasteiger partial charge in [0.2, 0.25) is 0 Å². The Labute approximate surface area is 114 Å². The zero-order chi connectivity index (χ0) is 13.5. The van der Waals surface area contributed by atoms with Crippen molar-refractivity contribution in [3.8, 4) is 6.07 Å². The maximum Gasteiger partial charge on any atom is 0.122 e. The summed E-state index contributed by atoms with van der Waals surface area (Å²) in [6, 6.07) is 2.19. The summed E-state index contributed by atoms with van der Waals surface area (Å²) >= 11 is 1.91. The molecule has 1 aromatic rings. The van der Waals surface area contributed by atoms with Gasteiger partial charge < -0.3 is 10.3 Å². The molecule has 0 saturated heterocycles. The molecule has 0 aliphatic heterocycles. The van der Waals surface area contributed by atoms with Crippen LogP contribution in [0.1, 0.15) is 42.5 Å². The Morgan fingerprint density at radius 1 is 1.22 bits per heavy atom. The first kappa shape index (κ1) is 15.0. The molecule has 0 radical (unpaired) electrons. The van der Waals surface area contributed by atoms with Crippen LogP contribution < -0.4 is 5.73 Å². The van der Waals surface area contributed by atoms with Gasteiger partial charge in [-0.25, -0.2) is 0 Å². The molecule has 0 aromatic carbocycles. The average Bonchev–Trinajstić information content (AvgIpc) is 2.56. The van der Waals surface area contributed by atoms with Crippen molar-refractivity contribution < 1.29 is 0 Å². The monoisotopic (exact) mass is 265 g/mol. The van der Waals surface area contributed by atoms with Crippen LogP contribution in [-0.4, -0.2) is 16.6 Å². The molecular formula is C14H23N3S. The second kappa shape index (κ2) is 7.38. The van der Waals surface area contributed by atoms with Crippen LogP contribution in [0.15, 0.2) is 0 Å². The summed E-state index contributed by atoms with van der Waals surface area (Å²) in [7, 11) is 0. The Morgan fingerprint density at radius 2 is 1.89 bits per heavy atom. The van der Waals surface area contributed by atoms with E-state index in [1.165, 1.54) is 25.0 Å². The first-order chi connectivity index (χ1) is 8.63. The number of anilines is 1. The standard InChI is InChI=1S/C14H23N3S/c1-11-12(2)17(14(16)13(11)10-15)8-6-4-5-7-9-18-3/h4-9,16H2,1-3H3. The van der Waals surface area contributed by atoms with Gasteiger partial charge in [0.05, 0.1) is 5.56 Å². The molecule has 0 amide bonds. The Balaban J connectivity index is 2.51. The molecule has 0 atom stereocenters. The molecule has 1 rings (SSSR count). The quantitative estimate of drug-likeness (QED) is 0.768. The van der Waals surface area contributed by atoms with Crippen LogP contribution >= 0.6 is 11.8 Å². The highest BCUT2D eigenvalue weighted by atomic mass is 32.2. The second-order valence-corrected chi connectivity index (χ2v) is 5.63. The van der Waals surface area contributed by atoms with Crippen LogP contribution in [0, 0.1) is 25.2 Å². The highest BCUT2D eigenvalue weighted by Crippen LogP contribution is 2.24. The summed E-state index contributed by atoms with van der Waals surface area (Å²) in [5.41, 5.74) is 8.82. The van der Waals surface area contributed by atoms with Gasteiger partial charge in [-0.15, -0.1) is 0 Å². The summed E-state index contributed by atoms with van der Waals surface area (Å²) < 4.78 is 2.09. The molecule has 0 fully saturated rings. The Morgan fingerprint density at radius 3 is 2.44 bits per heavy atom. The Bertz CT molecular complexity index is 429. The van der Waals surface area contributed by atoms with Gasteiger partial charge in [-0.05, 0) is 44.3 Å². The molecule has 0 aliphatic carbocycles. The smallest absolute Gasteiger partial charge is 0.122 e. The van der Waals surface area contributed by atoms with Gasteiger partial charge in [-0.3, -0.25) is 0 Å². The number of aromatic nitrogens is 1.